The van der Waals surface area contributed by atoms with E-state index in [0.717, 1.165) is 5.56 Å². The predicted molar refractivity (Wildman–Crippen MR) is 127 cm³/mol. The number of ketones is 1. The molecule has 0 saturated carbocycles. The molecule has 0 saturated heterocycles. The Balaban J connectivity index is 2.23. The van der Waals surface area contributed by atoms with Crippen LogP contribution >= 0.6 is 31.9 Å². The molecule has 0 unspecified atom stereocenters. The summed E-state index contributed by atoms with van der Waals surface area (Å²) in [5.41, 5.74) is 3.00. The van der Waals surface area contributed by atoms with Gasteiger partial charge in [-0.25, -0.2) is 4.99 Å². The van der Waals surface area contributed by atoms with Crippen LogP contribution < -0.4 is 0 Å². The normalized spacial score (nSPS) is 17.2. The summed E-state index contributed by atoms with van der Waals surface area (Å²) in [5, 5.41) is 0. The van der Waals surface area contributed by atoms with Crippen molar-refractivity contribution in [2.45, 2.75) is 25.7 Å². The fraction of sp³-hybridized carbons (Fsp3) is 0.136. The van der Waals surface area contributed by atoms with Crippen LogP contribution in [0.25, 0.3) is 0 Å². The van der Waals surface area contributed by atoms with Crippen molar-refractivity contribution in [3.8, 4) is 0 Å². The van der Waals surface area contributed by atoms with Gasteiger partial charge in [-0.05, 0) is 70.3 Å². The van der Waals surface area contributed by atoms with Gasteiger partial charge in [-0.15, -0.1) is 4.40 Å². The SMILES string of the molecule is CC1=C(Br)C(=O)C(C)=C(Br)C1=NC(=NS(=O)(=O)c1ccc(C)cc1)c1ccccc1. The van der Waals surface area contributed by atoms with Crippen LogP contribution in [-0.2, 0) is 14.8 Å². The van der Waals surface area contributed by atoms with Crippen molar-refractivity contribution in [3.63, 3.8) is 0 Å². The van der Waals surface area contributed by atoms with Crippen molar-refractivity contribution in [1.82, 2.24) is 0 Å². The Morgan fingerprint density at radius 3 is 2.03 bits per heavy atom. The highest BCUT2D eigenvalue weighted by molar-refractivity contribution is 9.12. The fourth-order valence-corrected chi connectivity index (χ4v) is 4.73. The highest BCUT2D eigenvalue weighted by atomic mass is 79.9. The van der Waals surface area contributed by atoms with Crippen molar-refractivity contribution in [2.24, 2.45) is 9.39 Å². The Labute approximate surface area is 192 Å². The van der Waals surface area contributed by atoms with Crippen molar-refractivity contribution < 1.29 is 13.2 Å². The summed E-state index contributed by atoms with van der Waals surface area (Å²) in [6, 6.07) is 15.3. The molecule has 1 aliphatic carbocycles. The zero-order valence-electron chi connectivity index (χ0n) is 16.5. The lowest BCUT2D eigenvalue weighted by molar-refractivity contribution is -0.111. The highest BCUT2D eigenvalue weighted by Gasteiger charge is 2.27. The first-order valence-corrected chi connectivity index (χ1v) is 12.0. The monoisotopic (exact) mass is 548 g/mol. The maximum Gasteiger partial charge on any atom is 0.284 e. The van der Waals surface area contributed by atoms with Crippen molar-refractivity contribution in [3.05, 3.63) is 85.8 Å². The lowest BCUT2D eigenvalue weighted by Crippen LogP contribution is -2.19. The molecule has 0 heterocycles. The highest BCUT2D eigenvalue weighted by Crippen LogP contribution is 2.32. The third-order valence-electron chi connectivity index (χ3n) is 4.54. The number of carbonyl (C=O) groups excluding carboxylic acids is 1. The van der Waals surface area contributed by atoms with E-state index >= 15 is 0 Å². The number of carbonyl (C=O) groups is 1. The van der Waals surface area contributed by atoms with Crippen LogP contribution in [0.5, 0.6) is 0 Å². The van der Waals surface area contributed by atoms with Gasteiger partial charge in [0.15, 0.2) is 11.6 Å². The zero-order valence-corrected chi connectivity index (χ0v) is 20.5. The fourth-order valence-electron chi connectivity index (χ4n) is 2.72. The van der Waals surface area contributed by atoms with Crippen LogP contribution in [0.1, 0.15) is 25.0 Å². The first-order valence-electron chi connectivity index (χ1n) is 8.95. The first kappa shape index (κ1) is 22.5. The molecular formula is C22H18Br2N2O3S. The predicted octanol–water partition coefficient (Wildman–Crippen LogP) is 5.49. The number of halogens is 2. The van der Waals surface area contributed by atoms with Crippen molar-refractivity contribution in [2.75, 3.05) is 0 Å². The number of allylic oxidation sites excluding steroid dienone is 4. The van der Waals surface area contributed by atoms with E-state index in [0.29, 0.717) is 31.4 Å². The van der Waals surface area contributed by atoms with Crippen LogP contribution in [0.4, 0.5) is 0 Å². The van der Waals surface area contributed by atoms with Crippen molar-refractivity contribution >= 4 is 59.2 Å². The van der Waals surface area contributed by atoms with Gasteiger partial charge in [-0.3, -0.25) is 4.79 Å². The second kappa shape index (κ2) is 8.91. The Hall–Kier alpha value is -2.16. The number of hydrogen-bond acceptors (Lipinski definition) is 3. The molecule has 0 fully saturated rings. The Morgan fingerprint density at radius 2 is 1.43 bits per heavy atom. The third kappa shape index (κ3) is 4.61. The number of rotatable bonds is 3. The molecule has 0 N–H and O–H groups in total. The molecule has 2 aromatic rings. The number of hydrogen-bond donors (Lipinski definition) is 0. The lowest BCUT2D eigenvalue weighted by Gasteiger charge is -2.17. The molecule has 154 valence electrons. The molecule has 8 heteroatoms. The molecule has 30 heavy (non-hydrogen) atoms. The molecular weight excluding hydrogens is 532 g/mol. The molecule has 5 nitrogen and oxygen atoms in total. The van der Waals surface area contributed by atoms with Crippen molar-refractivity contribution in [1.29, 1.82) is 0 Å². The molecule has 0 bridgehead atoms. The van der Waals surface area contributed by atoms with Crippen LogP contribution in [0.15, 0.2) is 89.0 Å². The number of sulfonamides is 1. The number of amidine groups is 1. The molecule has 0 aliphatic heterocycles. The van der Waals surface area contributed by atoms with Crippen LogP contribution in [0.2, 0.25) is 0 Å². The summed E-state index contributed by atoms with van der Waals surface area (Å²) in [6.07, 6.45) is 0. The van der Waals surface area contributed by atoms with Gasteiger partial charge in [0.2, 0.25) is 0 Å². The van der Waals surface area contributed by atoms with E-state index in [-0.39, 0.29) is 16.5 Å². The van der Waals surface area contributed by atoms with E-state index in [1.54, 1.807) is 50.2 Å². The van der Waals surface area contributed by atoms with Gasteiger partial charge in [0.05, 0.1) is 19.6 Å². The number of benzene rings is 2. The molecule has 0 amide bonds. The van der Waals surface area contributed by atoms with Gasteiger partial charge in [0.25, 0.3) is 10.0 Å². The summed E-state index contributed by atoms with van der Waals surface area (Å²) in [7, 11) is -3.99. The molecule has 3 rings (SSSR count). The third-order valence-corrected chi connectivity index (χ3v) is 7.74. The van der Waals surface area contributed by atoms with E-state index in [4.69, 9.17) is 0 Å². The van der Waals surface area contributed by atoms with Crippen LogP contribution in [-0.4, -0.2) is 25.7 Å². The van der Waals surface area contributed by atoms with Gasteiger partial charge in [-0.1, -0.05) is 48.0 Å². The summed E-state index contributed by atoms with van der Waals surface area (Å²) >= 11 is 6.75. The van der Waals surface area contributed by atoms with Crippen LogP contribution in [0, 0.1) is 6.92 Å². The molecule has 2 aromatic carbocycles. The number of Topliss-reactive ketones (excluding diaryl/α,β-unsaturated/α-hetero) is 1. The minimum atomic E-state index is -3.99. The van der Waals surface area contributed by atoms with E-state index < -0.39 is 10.0 Å². The van der Waals surface area contributed by atoms with E-state index in [2.05, 4.69) is 41.3 Å². The van der Waals surface area contributed by atoms with Gasteiger partial charge in [0.1, 0.15) is 0 Å². The second-order valence-corrected chi connectivity index (χ2v) is 9.93. The van der Waals surface area contributed by atoms with Gasteiger partial charge in [-0.2, -0.15) is 8.42 Å². The summed E-state index contributed by atoms with van der Waals surface area (Å²) in [5.74, 6) is -0.117. The zero-order chi connectivity index (χ0) is 22.1. The van der Waals surface area contributed by atoms with Gasteiger partial charge in [0, 0.05) is 11.1 Å². The second-order valence-electron chi connectivity index (χ2n) is 6.74. The van der Waals surface area contributed by atoms with E-state index in [9.17, 15) is 13.2 Å². The number of nitrogens with zero attached hydrogens (tertiary/aromatic N) is 2. The molecule has 1 aliphatic rings. The molecule has 0 aromatic heterocycles. The minimum Gasteiger partial charge on any atom is -0.288 e. The number of aryl methyl sites for hydroxylation is 1. The summed E-state index contributed by atoms with van der Waals surface area (Å²) in [4.78, 5) is 17.0. The first-order chi connectivity index (χ1) is 14.1. The topological polar surface area (TPSA) is 75.9 Å². The molecule has 0 spiro atoms. The van der Waals surface area contributed by atoms with Gasteiger partial charge >= 0.3 is 0 Å². The van der Waals surface area contributed by atoms with E-state index in [1.165, 1.54) is 12.1 Å². The Kier molecular flexibility index (Phi) is 6.69. The smallest absolute Gasteiger partial charge is 0.284 e. The lowest BCUT2D eigenvalue weighted by atomic mass is 9.98. The van der Waals surface area contributed by atoms with E-state index in [1.807, 2.05) is 13.0 Å². The van der Waals surface area contributed by atoms with Crippen LogP contribution in [0.3, 0.4) is 0 Å². The van der Waals surface area contributed by atoms with Gasteiger partial charge < -0.3 is 0 Å². The Bertz CT molecular complexity index is 1210. The quantitative estimate of drug-likeness (QED) is 0.288. The minimum absolute atomic E-state index is 0.0323. The molecule has 0 radical (unpaired) electrons. The number of aliphatic imine (C=N–C) groups is 1. The molecule has 0 atom stereocenters. The maximum absolute atomic E-state index is 13.0. The standard InChI is InChI=1S/C22H18Br2N2O3S/c1-13-9-11-17(12-10-13)30(28,29)26-22(16-7-5-4-6-8-16)25-20-14(2)19(24)21(27)15(3)18(20)23/h4-12H,1-3H3. The summed E-state index contributed by atoms with van der Waals surface area (Å²) < 4.78 is 30.8. The average Bonchev–Trinajstić information content (AvgIpc) is 2.74. The maximum atomic E-state index is 13.0. The average molecular weight is 550 g/mol. The summed E-state index contributed by atoms with van der Waals surface area (Å²) in [6.45, 7) is 5.30. The largest absolute Gasteiger partial charge is 0.288 e. The Morgan fingerprint density at radius 1 is 0.833 bits per heavy atom.